The first kappa shape index (κ1) is 9.82. The average molecular weight is 196 g/mol. The number of hydrogen-bond donors (Lipinski definition) is 0. The Balaban J connectivity index is 2.72. The lowest BCUT2D eigenvalue weighted by Gasteiger charge is -2.18. The zero-order valence-corrected chi connectivity index (χ0v) is 8.12. The Hall–Kier alpha value is -1.27. The van der Waals surface area contributed by atoms with Crippen molar-refractivity contribution in [3.63, 3.8) is 0 Å². The molecule has 0 saturated heterocycles. The van der Waals surface area contributed by atoms with E-state index >= 15 is 0 Å². The van der Waals surface area contributed by atoms with Crippen molar-refractivity contribution in [1.29, 1.82) is 5.26 Å². The predicted molar refractivity (Wildman–Crippen MR) is 52.7 cm³/mol. The van der Waals surface area contributed by atoms with Gasteiger partial charge in [0.1, 0.15) is 0 Å². The largest absolute Gasteiger partial charge is 0.372 e. The molecule has 1 heterocycles. The summed E-state index contributed by atoms with van der Waals surface area (Å²) in [5.41, 5.74) is 0.909. The second-order valence-corrected chi connectivity index (χ2v) is 3.06. The van der Waals surface area contributed by atoms with Crippen LogP contribution in [-0.2, 0) is 0 Å². The van der Waals surface area contributed by atoms with Crippen LogP contribution in [0.4, 0.5) is 5.69 Å². The van der Waals surface area contributed by atoms with Crippen LogP contribution >= 0.6 is 11.6 Å². The minimum atomic E-state index is 0.495. The van der Waals surface area contributed by atoms with Gasteiger partial charge in [0, 0.05) is 26.0 Å². The molecule has 0 saturated carbocycles. The fourth-order valence-electron chi connectivity index (χ4n) is 1.02. The van der Waals surface area contributed by atoms with Gasteiger partial charge in [-0.3, -0.25) is 4.98 Å². The van der Waals surface area contributed by atoms with Crippen LogP contribution in [-0.4, -0.2) is 18.6 Å². The van der Waals surface area contributed by atoms with E-state index in [1.807, 2.05) is 18.0 Å². The van der Waals surface area contributed by atoms with Gasteiger partial charge in [0.25, 0.3) is 0 Å². The predicted octanol–water partition coefficient (Wildman–Crippen LogP) is 2.08. The van der Waals surface area contributed by atoms with Gasteiger partial charge < -0.3 is 4.90 Å². The van der Waals surface area contributed by atoms with Crippen molar-refractivity contribution in [2.45, 2.75) is 6.42 Å². The summed E-state index contributed by atoms with van der Waals surface area (Å²) >= 11 is 5.91. The maximum Gasteiger partial charge on any atom is 0.0822 e. The molecule has 1 aromatic rings. The van der Waals surface area contributed by atoms with E-state index in [0.717, 1.165) is 5.69 Å². The number of aromatic nitrogens is 1. The molecule has 0 aliphatic rings. The van der Waals surface area contributed by atoms with Crippen LogP contribution in [0.25, 0.3) is 0 Å². The van der Waals surface area contributed by atoms with Gasteiger partial charge in [0.05, 0.1) is 23.2 Å². The summed E-state index contributed by atoms with van der Waals surface area (Å²) in [4.78, 5) is 5.82. The highest BCUT2D eigenvalue weighted by Crippen LogP contribution is 2.22. The molecule has 0 N–H and O–H groups in total. The summed E-state index contributed by atoms with van der Waals surface area (Å²) in [6.45, 7) is 0.681. The van der Waals surface area contributed by atoms with Crippen LogP contribution in [0.3, 0.4) is 0 Å². The van der Waals surface area contributed by atoms with E-state index in [9.17, 15) is 0 Å². The SMILES string of the molecule is CN(CCC#N)c1ccncc1Cl. The molecular formula is C9H10ClN3. The third-order valence-corrected chi connectivity index (χ3v) is 2.01. The molecule has 0 atom stereocenters. The molecule has 0 radical (unpaired) electrons. The van der Waals surface area contributed by atoms with Crippen LogP contribution < -0.4 is 4.90 Å². The van der Waals surface area contributed by atoms with Gasteiger partial charge >= 0.3 is 0 Å². The summed E-state index contributed by atoms with van der Waals surface area (Å²) in [6, 6.07) is 3.92. The molecule has 0 bridgehead atoms. The monoisotopic (exact) mass is 195 g/mol. The molecule has 0 aliphatic heterocycles. The fourth-order valence-corrected chi connectivity index (χ4v) is 1.28. The fraction of sp³-hybridized carbons (Fsp3) is 0.333. The minimum Gasteiger partial charge on any atom is -0.372 e. The van der Waals surface area contributed by atoms with Gasteiger partial charge in [-0.15, -0.1) is 0 Å². The van der Waals surface area contributed by atoms with Gasteiger partial charge in [-0.05, 0) is 6.07 Å². The molecule has 1 rings (SSSR count). The lowest BCUT2D eigenvalue weighted by molar-refractivity contribution is 0.904. The third kappa shape index (κ3) is 2.60. The zero-order chi connectivity index (χ0) is 9.68. The van der Waals surface area contributed by atoms with Crippen molar-refractivity contribution < 1.29 is 0 Å². The molecule has 0 amide bonds. The Labute approximate surface area is 82.6 Å². The van der Waals surface area contributed by atoms with E-state index in [-0.39, 0.29) is 0 Å². The van der Waals surface area contributed by atoms with Crippen molar-refractivity contribution in [1.82, 2.24) is 4.98 Å². The Morgan fingerprint density at radius 2 is 2.46 bits per heavy atom. The summed E-state index contributed by atoms with van der Waals surface area (Å²) in [6.07, 6.45) is 3.78. The number of nitriles is 1. The van der Waals surface area contributed by atoms with Crippen LogP contribution in [0.1, 0.15) is 6.42 Å². The quantitative estimate of drug-likeness (QED) is 0.742. The number of pyridine rings is 1. The highest BCUT2D eigenvalue weighted by atomic mass is 35.5. The lowest BCUT2D eigenvalue weighted by atomic mass is 10.3. The van der Waals surface area contributed by atoms with E-state index < -0.39 is 0 Å². The highest BCUT2D eigenvalue weighted by molar-refractivity contribution is 6.33. The summed E-state index contributed by atoms with van der Waals surface area (Å²) < 4.78 is 0. The first-order valence-electron chi connectivity index (χ1n) is 3.93. The molecule has 1 aromatic heterocycles. The van der Waals surface area contributed by atoms with Crippen LogP contribution in [0.2, 0.25) is 5.02 Å². The Kier molecular flexibility index (Phi) is 3.53. The Morgan fingerprint density at radius 3 is 3.08 bits per heavy atom. The summed E-state index contributed by atoms with van der Waals surface area (Å²) in [7, 11) is 1.90. The van der Waals surface area contributed by atoms with E-state index in [2.05, 4.69) is 11.1 Å². The normalized spacial score (nSPS) is 9.31. The first-order valence-corrected chi connectivity index (χ1v) is 4.31. The van der Waals surface area contributed by atoms with Crippen molar-refractivity contribution in [2.24, 2.45) is 0 Å². The van der Waals surface area contributed by atoms with E-state index in [1.165, 1.54) is 0 Å². The summed E-state index contributed by atoms with van der Waals surface area (Å²) in [5.74, 6) is 0. The molecular weight excluding hydrogens is 186 g/mol. The van der Waals surface area contributed by atoms with Crippen molar-refractivity contribution in [2.75, 3.05) is 18.5 Å². The number of hydrogen-bond acceptors (Lipinski definition) is 3. The molecule has 0 aliphatic carbocycles. The van der Waals surface area contributed by atoms with Crippen LogP contribution in [0, 0.1) is 11.3 Å². The van der Waals surface area contributed by atoms with Crippen LogP contribution in [0.5, 0.6) is 0 Å². The minimum absolute atomic E-state index is 0.495. The molecule has 0 spiro atoms. The number of rotatable bonds is 3. The molecule has 0 aromatic carbocycles. The van der Waals surface area contributed by atoms with Gasteiger partial charge in [0.15, 0.2) is 0 Å². The van der Waals surface area contributed by atoms with Gasteiger partial charge in [-0.2, -0.15) is 5.26 Å². The molecule has 0 fully saturated rings. The third-order valence-electron chi connectivity index (χ3n) is 1.72. The standard InChI is InChI=1S/C9H10ClN3/c1-13(6-2-4-11)9-3-5-12-7-8(9)10/h3,5,7H,2,6H2,1H3. The smallest absolute Gasteiger partial charge is 0.0822 e. The van der Waals surface area contributed by atoms with Gasteiger partial charge in [-0.25, -0.2) is 0 Å². The molecule has 3 nitrogen and oxygen atoms in total. The highest BCUT2D eigenvalue weighted by Gasteiger charge is 2.03. The topological polar surface area (TPSA) is 39.9 Å². The van der Waals surface area contributed by atoms with E-state index in [1.54, 1.807) is 12.4 Å². The van der Waals surface area contributed by atoms with Gasteiger partial charge in [-0.1, -0.05) is 11.6 Å². The van der Waals surface area contributed by atoms with E-state index in [0.29, 0.717) is 18.0 Å². The molecule has 13 heavy (non-hydrogen) atoms. The molecule has 4 heteroatoms. The number of halogens is 1. The maximum atomic E-state index is 8.41. The van der Waals surface area contributed by atoms with Crippen molar-refractivity contribution in [3.05, 3.63) is 23.5 Å². The van der Waals surface area contributed by atoms with Crippen molar-refractivity contribution in [3.8, 4) is 6.07 Å². The second-order valence-electron chi connectivity index (χ2n) is 2.66. The lowest BCUT2D eigenvalue weighted by Crippen LogP contribution is -2.18. The van der Waals surface area contributed by atoms with Crippen LogP contribution in [0.15, 0.2) is 18.5 Å². The summed E-state index contributed by atoms with van der Waals surface area (Å²) in [5, 5.41) is 9.02. The van der Waals surface area contributed by atoms with Gasteiger partial charge in [0.2, 0.25) is 0 Å². The Bertz CT molecular complexity index is 319. The van der Waals surface area contributed by atoms with E-state index in [4.69, 9.17) is 16.9 Å². The molecule has 68 valence electrons. The second kappa shape index (κ2) is 4.68. The maximum absolute atomic E-state index is 8.41. The van der Waals surface area contributed by atoms with Crippen molar-refractivity contribution >= 4 is 17.3 Å². The average Bonchev–Trinajstić information content (AvgIpc) is 2.15. The number of anilines is 1. The number of nitrogens with zero attached hydrogens (tertiary/aromatic N) is 3. The Morgan fingerprint density at radius 1 is 1.69 bits per heavy atom. The zero-order valence-electron chi connectivity index (χ0n) is 7.37. The molecule has 0 unspecified atom stereocenters. The first-order chi connectivity index (χ1) is 6.25.